The van der Waals surface area contributed by atoms with E-state index in [1.54, 1.807) is 19.6 Å². The molecule has 0 unspecified atom stereocenters. The Hall–Kier alpha value is -3.30. The second-order valence-corrected chi connectivity index (χ2v) is 14.3. The van der Waals surface area contributed by atoms with Crippen molar-refractivity contribution in [2.75, 3.05) is 157 Å². The molecule has 2 amide bonds. The van der Waals surface area contributed by atoms with E-state index in [4.69, 9.17) is 10.2 Å². The van der Waals surface area contributed by atoms with Crippen molar-refractivity contribution in [3.05, 3.63) is 0 Å². The van der Waals surface area contributed by atoms with Crippen LogP contribution in [0.5, 0.6) is 0 Å². The minimum absolute atomic E-state index is 0. The molecule has 0 spiro atoms. The molecule has 1 rings (SSSR count). The van der Waals surface area contributed by atoms with Crippen LogP contribution < -0.4 is 40.4 Å². The number of hydrogen-bond acceptors (Lipinski definition) is 18. The van der Waals surface area contributed by atoms with Crippen LogP contribution in [0.2, 0.25) is 0 Å². The SMILES string of the molecule is O=C(O)CN1CCN(CC(=O)O)CCN(CC(=O)NNC(=O)CN(CCN(CCN(CCN(CC(=O)O)CC(=O)O)CC(=O)O)CC(=O)O)CC(=O)O)CCN(CC(=O)O)CC1.[Gd+3].[Na+]. The number of amides is 2. The minimum Gasteiger partial charge on any atom is -0.480 e. The van der Waals surface area contributed by atoms with Crippen molar-refractivity contribution in [3.8, 4) is 0 Å². The molecule has 1 aliphatic rings. The number of carboxylic acid groups (broad SMARTS) is 8. The van der Waals surface area contributed by atoms with E-state index in [2.05, 4.69) is 10.9 Å². The molecule has 0 aliphatic carbocycles. The van der Waals surface area contributed by atoms with E-state index < -0.39 is 98.8 Å². The number of carboxylic acids is 8. The Labute approximate surface area is 421 Å². The Morgan fingerprint density at radius 3 is 0.812 bits per heavy atom. The maximum Gasteiger partial charge on any atom is 3.00 e. The third-order valence-corrected chi connectivity index (χ3v) is 9.07. The average Bonchev–Trinajstić information content (AvgIpc) is 3.13. The second kappa shape index (κ2) is 35.0. The largest absolute Gasteiger partial charge is 3.00 e. The topological polar surface area (TPSA) is 383 Å². The molecule has 1 radical (unpaired) electrons. The van der Waals surface area contributed by atoms with Crippen molar-refractivity contribution in [1.29, 1.82) is 0 Å². The first-order valence-corrected chi connectivity index (χ1v) is 19.2. The number of rotatable bonds is 29. The third-order valence-electron chi connectivity index (χ3n) is 9.07. The number of carbonyl (C=O) groups is 10. The summed E-state index contributed by atoms with van der Waals surface area (Å²) in [7, 11) is 0. The molecular formula is C34H58GdN10NaO18+4. The normalized spacial score (nSPS) is 14.7. The molecule has 64 heavy (non-hydrogen) atoms. The molecule has 357 valence electrons. The predicted octanol–water partition coefficient (Wildman–Crippen LogP) is -9.76. The van der Waals surface area contributed by atoms with Crippen LogP contribution in [0.15, 0.2) is 0 Å². The molecule has 28 nitrogen and oxygen atoms in total. The van der Waals surface area contributed by atoms with Crippen LogP contribution in [-0.4, -0.2) is 297 Å². The summed E-state index contributed by atoms with van der Waals surface area (Å²) >= 11 is 0. The van der Waals surface area contributed by atoms with E-state index >= 15 is 0 Å². The summed E-state index contributed by atoms with van der Waals surface area (Å²) in [6.07, 6.45) is 0. The molecule has 1 heterocycles. The summed E-state index contributed by atoms with van der Waals surface area (Å²) in [4.78, 5) is 129. The third kappa shape index (κ3) is 33.2. The van der Waals surface area contributed by atoms with Crippen molar-refractivity contribution in [1.82, 2.24) is 50.1 Å². The van der Waals surface area contributed by atoms with Gasteiger partial charge in [0.15, 0.2) is 0 Å². The maximum atomic E-state index is 13.0. The van der Waals surface area contributed by atoms with Gasteiger partial charge in [0.2, 0.25) is 0 Å². The summed E-state index contributed by atoms with van der Waals surface area (Å²) in [6, 6.07) is 0. The van der Waals surface area contributed by atoms with Gasteiger partial charge < -0.3 is 40.9 Å². The van der Waals surface area contributed by atoms with Crippen molar-refractivity contribution in [2.45, 2.75) is 0 Å². The average molecular weight is 1080 g/mol. The second-order valence-electron chi connectivity index (χ2n) is 14.3. The predicted molar refractivity (Wildman–Crippen MR) is 209 cm³/mol. The van der Waals surface area contributed by atoms with Crippen LogP contribution in [0.25, 0.3) is 0 Å². The fourth-order valence-electron chi connectivity index (χ4n) is 6.18. The molecule has 0 aromatic rings. The van der Waals surface area contributed by atoms with Gasteiger partial charge in [-0.05, 0) is 0 Å². The summed E-state index contributed by atoms with van der Waals surface area (Å²) in [5, 5.41) is 74.7. The molecular weight excluding hydrogens is 1020 g/mol. The fourth-order valence-corrected chi connectivity index (χ4v) is 6.18. The van der Waals surface area contributed by atoms with Crippen LogP contribution in [0, 0.1) is 39.9 Å². The molecule has 1 saturated heterocycles. The van der Waals surface area contributed by atoms with Gasteiger partial charge in [-0.15, -0.1) is 0 Å². The molecule has 0 saturated carbocycles. The first kappa shape index (κ1) is 62.8. The summed E-state index contributed by atoms with van der Waals surface area (Å²) in [5.74, 6) is -11.5. The van der Waals surface area contributed by atoms with Gasteiger partial charge in [-0.2, -0.15) is 0 Å². The number of aliphatic carboxylic acids is 8. The van der Waals surface area contributed by atoms with Gasteiger partial charge in [0, 0.05) is 91.6 Å². The first-order chi connectivity index (χ1) is 29.1. The Morgan fingerprint density at radius 1 is 0.328 bits per heavy atom. The number of carbonyl (C=O) groups excluding carboxylic acids is 2. The van der Waals surface area contributed by atoms with E-state index in [-0.39, 0.29) is 187 Å². The van der Waals surface area contributed by atoms with E-state index in [1.165, 1.54) is 9.80 Å². The van der Waals surface area contributed by atoms with E-state index in [1.807, 2.05) is 0 Å². The summed E-state index contributed by atoms with van der Waals surface area (Å²) in [5.41, 5.74) is 4.41. The smallest absolute Gasteiger partial charge is 0.480 e. The molecule has 0 bridgehead atoms. The first-order valence-electron chi connectivity index (χ1n) is 19.2. The molecule has 0 atom stereocenters. The van der Waals surface area contributed by atoms with Crippen LogP contribution in [0.4, 0.5) is 0 Å². The van der Waals surface area contributed by atoms with E-state index in [9.17, 15) is 78.6 Å². The molecule has 30 heteroatoms. The molecule has 10 N–H and O–H groups in total. The van der Waals surface area contributed by atoms with Gasteiger partial charge in [-0.3, -0.25) is 98.0 Å². The van der Waals surface area contributed by atoms with E-state index in [0.29, 0.717) is 0 Å². The van der Waals surface area contributed by atoms with Gasteiger partial charge in [0.05, 0.1) is 65.4 Å². The van der Waals surface area contributed by atoms with Gasteiger partial charge in [0.25, 0.3) is 11.8 Å². The summed E-state index contributed by atoms with van der Waals surface area (Å²) in [6.45, 7) is -4.64. The minimum atomic E-state index is -1.34. The molecule has 0 aromatic heterocycles. The van der Waals surface area contributed by atoms with Crippen LogP contribution in [0.3, 0.4) is 0 Å². The van der Waals surface area contributed by atoms with E-state index in [0.717, 1.165) is 9.80 Å². The van der Waals surface area contributed by atoms with Crippen LogP contribution in [-0.2, 0) is 47.9 Å². The van der Waals surface area contributed by atoms with Crippen molar-refractivity contribution in [3.63, 3.8) is 0 Å². The fraction of sp³-hybridized carbons (Fsp3) is 0.706. The maximum absolute atomic E-state index is 13.0. The molecule has 1 aliphatic heterocycles. The molecule has 0 aromatic carbocycles. The number of hydrazine groups is 1. The molecule has 1 fully saturated rings. The van der Waals surface area contributed by atoms with Crippen LogP contribution in [0.1, 0.15) is 0 Å². The zero-order valence-corrected chi connectivity index (χ0v) is 39.8. The Kier molecular flexibility index (Phi) is 34.3. The Bertz CT molecular complexity index is 1510. The van der Waals surface area contributed by atoms with Gasteiger partial charge in [-0.25, -0.2) is 0 Å². The van der Waals surface area contributed by atoms with Gasteiger partial charge in [0.1, 0.15) is 0 Å². The van der Waals surface area contributed by atoms with Gasteiger partial charge >= 0.3 is 117 Å². The monoisotopic (exact) mass is 1080 g/mol. The van der Waals surface area contributed by atoms with Crippen molar-refractivity contribution in [2.24, 2.45) is 0 Å². The zero-order chi connectivity index (χ0) is 46.8. The Morgan fingerprint density at radius 2 is 0.547 bits per heavy atom. The van der Waals surface area contributed by atoms with Crippen molar-refractivity contribution >= 4 is 59.6 Å². The zero-order valence-electron chi connectivity index (χ0n) is 35.6. The number of nitrogens with one attached hydrogen (secondary N) is 2. The van der Waals surface area contributed by atoms with Crippen LogP contribution >= 0.6 is 0 Å². The Balaban J connectivity index is 0. The number of hydrogen-bond donors (Lipinski definition) is 10. The number of nitrogens with zero attached hydrogens (tertiary/aromatic N) is 8. The van der Waals surface area contributed by atoms with Gasteiger partial charge in [-0.1, -0.05) is 0 Å². The summed E-state index contributed by atoms with van der Waals surface area (Å²) < 4.78 is 0. The quantitative estimate of drug-likeness (QED) is 0.0246. The van der Waals surface area contributed by atoms with Crippen molar-refractivity contribution < 1.29 is 158 Å². The standard InChI is InChI=1S/C34H58N10O18.Gd.Na/c45-25(15-37-1-3-38(17-27(47)48)5-7-40(19-29(51)52)8-6-39(4-2-37)18-28(49)50)35-36-26(46)16-43(22-32(57)58)13-11-41(20-30(53)54)9-10-42(21-31(55)56)12-14-44(23-33(59)60)24-34(61)62;;/h1-24H2,(H,35,45)(H,36,46)(H,47,48)(H,49,50)(H,51,52)(H,53,54)(H,55,56)(H,57,58)(H,59,60)(H,61,62);;/q;+3;+1.